The molecule has 0 N–H and O–H groups in total. The fraction of sp³-hybridized carbons (Fsp3) is 1.00. The highest BCUT2D eigenvalue weighted by Gasteiger charge is 2.09. The van der Waals surface area contributed by atoms with Crippen molar-refractivity contribution in [3.05, 3.63) is 0 Å². The van der Waals surface area contributed by atoms with Crippen molar-refractivity contribution in [2.45, 2.75) is 13.8 Å². The van der Waals surface area contributed by atoms with Crippen molar-refractivity contribution in [3.63, 3.8) is 0 Å². The van der Waals surface area contributed by atoms with Crippen molar-refractivity contribution in [1.29, 1.82) is 0 Å². The van der Waals surface area contributed by atoms with Crippen LogP contribution in [0.25, 0.3) is 0 Å². The van der Waals surface area contributed by atoms with E-state index in [0.29, 0.717) is 0 Å². The lowest BCUT2D eigenvalue weighted by molar-refractivity contribution is 0.0410. The Morgan fingerprint density at radius 1 is 1.31 bits per heavy atom. The van der Waals surface area contributed by atoms with E-state index in [1.54, 1.807) is 0 Å². The summed E-state index contributed by atoms with van der Waals surface area (Å²) in [4.78, 5) is 2.50. The minimum Gasteiger partial charge on any atom is -0.379 e. The summed E-state index contributed by atoms with van der Waals surface area (Å²) in [7, 11) is 0. The summed E-state index contributed by atoms with van der Waals surface area (Å²) in [6, 6.07) is 0. The Labute approximate surface area is 86.0 Å². The van der Waals surface area contributed by atoms with Gasteiger partial charge in [-0.1, -0.05) is 13.8 Å². The number of rotatable bonds is 5. The van der Waals surface area contributed by atoms with Gasteiger partial charge < -0.3 is 4.74 Å². The van der Waals surface area contributed by atoms with Crippen molar-refractivity contribution < 1.29 is 4.74 Å². The van der Waals surface area contributed by atoms with Crippen LogP contribution in [0.4, 0.5) is 0 Å². The van der Waals surface area contributed by atoms with Crippen LogP contribution in [0.3, 0.4) is 0 Å². The van der Waals surface area contributed by atoms with Gasteiger partial charge in [0.1, 0.15) is 0 Å². The van der Waals surface area contributed by atoms with Gasteiger partial charge in [0.2, 0.25) is 0 Å². The SMILES string of the molecule is CC(C)CSCCN1CCOCC1. The fourth-order valence-corrected chi connectivity index (χ4v) is 2.36. The molecule has 0 amide bonds. The maximum Gasteiger partial charge on any atom is 0.0594 e. The molecule has 3 heteroatoms. The molecule has 0 aromatic carbocycles. The van der Waals surface area contributed by atoms with E-state index in [9.17, 15) is 0 Å². The summed E-state index contributed by atoms with van der Waals surface area (Å²) in [5, 5.41) is 0. The van der Waals surface area contributed by atoms with E-state index in [2.05, 4.69) is 30.5 Å². The highest BCUT2D eigenvalue weighted by atomic mass is 32.2. The first kappa shape index (κ1) is 11.3. The summed E-state index contributed by atoms with van der Waals surface area (Å²) in [5.41, 5.74) is 0. The standard InChI is InChI=1S/C10H21NOS/c1-10(2)9-13-8-5-11-3-6-12-7-4-11/h10H,3-9H2,1-2H3. The topological polar surface area (TPSA) is 12.5 Å². The molecule has 0 aromatic rings. The van der Waals surface area contributed by atoms with Crippen molar-refractivity contribution in [2.24, 2.45) is 5.92 Å². The summed E-state index contributed by atoms with van der Waals surface area (Å²) < 4.78 is 5.30. The second kappa shape index (κ2) is 6.68. The Morgan fingerprint density at radius 2 is 2.00 bits per heavy atom. The van der Waals surface area contributed by atoms with Crippen molar-refractivity contribution >= 4 is 11.8 Å². The smallest absolute Gasteiger partial charge is 0.0594 e. The summed E-state index contributed by atoms with van der Waals surface area (Å²) >= 11 is 2.07. The quantitative estimate of drug-likeness (QED) is 0.631. The van der Waals surface area contributed by atoms with Gasteiger partial charge in [-0.2, -0.15) is 11.8 Å². The molecule has 1 saturated heterocycles. The third-order valence-electron chi connectivity index (χ3n) is 2.11. The average Bonchev–Trinajstić information content (AvgIpc) is 2.14. The number of hydrogen-bond acceptors (Lipinski definition) is 3. The molecule has 1 aliphatic rings. The first-order valence-corrected chi connectivity index (χ1v) is 6.32. The normalized spacial score (nSPS) is 19.6. The first-order valence-electron chi connectivity index (χ1n) is 5.17. The average molecular weight is 203 g/mol. The van der Waals surface area contributed by atoms with Crippen LogP contribution in [0.5, 0.6) is 0 Å². The molecule has 1 fully saturated rings. The van der Waals surface area contributed by atoms with Crippen LogP contribution in [0.2, 0.25) is 0 Å². The highest BCUT2D eigenvalue weighted by molar-refractivity contribution is 7.99. The largest absolute Gasteiger partial charge is 0.379 e. The molecular formula is C10H21NOS. The van der Waals surface area contributed by atoms with Crippen LogP contribution in [0.1, 0.15) is 13.8 Å². The van der Waals surface area contributed by atoms with Crippen LogP contribution in [0.15, 0.2) is 0 Å². The Hall–Kier alpha value is 0.270. The first-order chi connectivity index (χ1) is 6.29. The Bertz CT molecular complexity index is 124. The van der Waals surface area contributed by atoms with E-state index in [-0.39, 0.29) is 0 Å². The van der Waals surface area contributed by atoms with Gasteiger partial charge in [-0.15, -0.1) is 0 Å². The number of morpholine rings is 1. The Kier molecular flexibility index (Phi) is 5.83. The van der Waals surface area contributed by atoms with Gasteiger partial charge in [-0.3, -0.25) is 4.90 Å². The fourth-order valence-electron chi connectivity index (χ4n) is 1.34. The molecule has 13 heavy (non-hydrogen) atoms. The highest BCUT2D eigenvalue weighted by Crippen LogP contribution is 2.08. The lowest BCUT2D eigenvalue weighted by Gasteiger charge is -2.26. The molecular weight excluding hydrogens is 182 g/mol. The van der Waals surface area contributed by atoms with Crippen LogP contribution >= 0.6 is 11.8 Å². The van der Waals surface area contributed by atoms with Crippen molar-refractivity contribution in [2.75, 3.05) is 44.4 Å². The Balaban J connectivity index is 1.92. The molecule has 2 nitrogen and oxygen atoms in total. The molecule has 1 rings (SSSR count). The minimum absolute atomic E-state index is 0.828. The van der Waals surface area contributed by atoms with E-state index >= 15 is 0 Å². The van der Waals surface area contributed by atoms with Gasteiger partial charge in [-0.25, -0.2) is 0 Å². The number of thioether (sulfide) groups is 1. The summed E-state index contributed by atoms with van der Waals surface area (Å²) in [5.74, 6) is 3.40. The van der Waals surface area contributed by atoms with Gasteiger partial charge in [0.15, 0.2) is 0 Å². The van der Waals surface area contributed by atoms with E-state index < -0.39 is 0 Å². The Morgan fingerprint density at radius 3 is 2.62 bits per heavy atom. The van der Waals surface area contributed by atoms with Gasteiger partial charge in [0, 0.05) is 25.4 Å². The third-order valence-corrected chi connectivity index (χ3v) is 3.48. The van der Waals surface area contributed by atoms with Gasteiger partial charge in [-0.05, 0) is 11.7 Å². The molecule has 0 aliphatic carbocycles. The molecule has 1 heterocycles. The molecule has 1 aliphatic heterocycles. The predicted octanol–water partition coefficient (Wildman–Crippen LogP) is 1.71. The van der Waals surface area contributed by atoms with E-state index in [1.165, 1.54) is 18.1 Å². The molecule has 0 atom stereocenters. The van der Waals surface area contributed by atoms with E-state index in [4.69, 9.17) is 4.74 Å². The molecule has 0 unspecified atom stereocenters. The molecule has 0 bridgehead atoms. The van der Waals surface area contributed by atoms with Gasteiger partial charge in [0.05, 0.1) is 13.2 Å². The maximum absolute atomic E-state index is 5.30. The molecule has 78 valence electrons. The van der Waals surface area contributed by atoms with E-state index in [1.807, 2.05) is 0 Å². The van der Waals surface area contributed by atoms with Crippen molar-refractivity contribution in [3.8, 4) is 0 Å². The van der Waals surface area contributed by atoms with Crippen LogP contribution < -0.4 is 0 Å². The lowest BCUT2D eigenvalue weighted by Crippen LogP contribution is -2.37. The molecule has 0 saturated carbocycles. The van der Waals surface area contributed by atoms with Crippen LogP contribution in [-0.4, -0.2) is 49.3 Å². The number of hydrogen-bond donors (Lipinski definition) is 0. The van der Waals surface area contributed by atoms with E-state index in [0.717, 1.165) is 32.2 Å². The van der Waals surface area contributed by atoms with Crippen LogP contribution in [0, 0.1) is 5.92 Å². The minimum atomic E-state index is 0.828. The monoisotopic (exact) mass is 203 g/mol. The van der Waals surface area contributed by atoms with Gasteiger partial charge >= 0.3 is 0 Å². The third kappa shape index (κ3) is 5.55. The summed E-state index contributed by atoms with van der Waals surface area (Å²) in [6.45, 7) is 9.90. The summed E-state index contributed by atoms with van der Waals surface area (Å²) in [6.07, 6.45) is 0. The maximum atomic E-state index is 5.30. The second-order valence-corrected chi connectivity index (χ2v) is 5.07. The van der Waals surface area contributed by atoms with Crippen LogP contribution in [-0.2, 0) is 4.74 Å². The molecule has 0 radical (unpaired) electrons. The lowest BCUT2D eigenvalue weighted by atomic mass is 10.3. The predicted molar refractivity (Wildman–Crippen MR) is 59.4 cm³/mol. The number of nitrogens with zero attached hydrogens (tertiary/aromatic N) is 1. The van der Waals surface area contributed by atoms with Crippen molar-refractivity contribution in [1.82, 2.24) is 4.90 Å². The zero-order chi connectivity index (χ0) is 9.52. The molecule has 0 spiro atoms. The number of ether oxygens (including phenoxy) is 1. The zero-order valence-electron chi connectivity index (χ0n) is 8.79. The zero-order valence-corrected chi connectivity index (χ0v) is 9.61. The van der Waals surface area contributed by atoms with Gasteiger partial charge in [0.25, 0.3) is 0 Å². The second-order valence-electron chi connectivity index (χ2n) is 3.92. The molecule has 0 aromatic heterocycles.